The number of anilines is 1. The first-order chi connectivity index (χ1) is 12.6. The number of fused-ring (bicyclic) bond motifs is 1. The largest absolute Gasteiger partial charge is 1.00 e. The minimum absolute atomic E-state index is 0. The van der Waals surface area contributed by atoms with Crippen LogP contribution in [0.4, 0.5) is 5.82 Å². The fourth-order valence-electron chi connectivity index (χ4n) is 3.25. The van der Waals surface area contributed by atoms with Crippen molar-refractivity contribution in [2.24, 2.45) is 0 Å². The molecular weight excluding hydrogens is 363 g/mol. The van der Waals surface area contributed by atoms with Crippen molar-refractivity contribution in [3.05, 3.63) is 41.8 Å². The number of aromatic nitrogens is 3. The monoisotopic (exact) mass is 378 g/mol. The van der Waals surface area contributed by atoms with Crippen LogP contribution in [-0.4, -0.2) is 46.8 Å². The SMILES string of the molecule is COC1CN(c2ncnc3c2c(-c2ccccc2Cl)cn3CC(=O)[O-])C1.[Li+]. The molecular formula is C18H16ClLiN4O3. The number of aliphatic carboxylic acids is 1. The van der Waals surface area contributed by atoms with E-state index in [2.05, 4.69) is 14.9 Å². The summed E-state index contributed by atoms with van der Waals surface area (Å²) in [6.45, 7) is 1.14. The summed E-state index contributed by atoms with van der Waals surface area (Å²) in [4.78, 5) is 22.0. The van der Waals surface area contributed by atoms with E-state index in [9.17, 15) is 9.90 Å². The molecule has 0 N–H and O–H groups in total. The van der Waals surface area contributed by atoms with Crippen LogP contribution in [0.2, 0.25) is 5.02 Å². The molecule has 0 saturated carbocycles. The van der Waals surface area contributed by atoms with Gasteiger partial charge in [-0.2, -0.15) is 0 Å². The molecule has 3 heterocycles. The van der Waals surface area contributed by atoms with Crippen LogP contribution in [0, 0.1) is 0 Å². The number of ether oxygens (including phenoxy) is 1. The summed E-state index contributed by atoms with van der Waals surface area (Å²) in [7, 11) is 1.68. The number of methoxy groups -OCH3 is 1. The number of carbonyl (C=O) groups is 1. The van der Waals surface area contributed by atoms with Crippen LogP contribution in [0.3, 0.4) is 0 Å². The molecule has 0 atom stereocenters. The normalized spacial score (nSPS) is 14.1. The summed E-state index contributed by atoms with van der Waals surface area (Å²) < 4.78 is 6.90. The van der Waals surface area contributed by atoms with Gasteiger partial charge in [-0.25, -0.2) is 9.97 Å². The van der Waals surface area contributed by atoms with Crippen LogP contribution in [0.15, 0.2) is 36.8 Å². The standard InChI is InChI=1S/C18H17ClN4O3.Li/c1-26-11-6-22(7-11)17-16-13(12-4-2-3-5-14(12)19)8-23(9-15(24)25)18(16)21-10-20-17;/h2-5,8,10-11H,6-7,9H2,1H3,(H,24,25);/q;+1/p-1. The zero-order chi connectivity index (χ0) is 18.3. The minimum atomic E-state index is -1.18. The Kier molecular flexibility index (Phi) is 5.77. The topological polar surface area (TPSA) is 83.3 Å². The minimum Gasteiger partial charge on any atom is -0.548 e. The van der Waals surface area contributed by atoms with Crippen LogP contribution in [0.25, 0.3) is 22.2 Å². The zero-order valence-corrected chi connectivity index (χ0v) is 15.8. The molecule has 0 radical (unpaired) electrons. The maximum absolute atomic E-state index is 11.2. The number of benzene rings is 1. The van der Waals surface area contributed by atoms with E-state index >= 15 is 0 Å². The van der Waals surface area contributed by atoms with Gasteiger partial charge in [-0.3, -0.25) is 0 Å². The Morgan fingerprint density at radius 2 is 2.04 bits per heavy atom. The van der Waals surface area contributed by atoms with Gasteiger partial charge < -0.3 is 24.1 Å². The number of hydrogen-bond donors (Lipinski definition) is 0. The van der Waals surface area contributed by atoms with Crippen molar-refractivity contribution in [2.45, 2.75) is 12.6 Å². The van der Waals surface area contributed by atoms with Gasteiger partial charge in [0.25, 0.3) is 0 Å². The Morgan fingerprint density at radius 1 is 1.30 bits per heavy atom. The van der Waals surface area contributed by atoms with Gasteiger partial charge in [0.1, 0.15) is 17.8 Å². The number of halogens is 1. The Bertz CT molecular complexity index is 988. The number of carboxylic acids is 1. The van der Waals surface area contributed by atoms with Crippen molar-refractivity contribution in [3.63, 3.8) is 0 Å². The number of carbonyl (C=O) groups excluding carboxylic acids is 1. The number of hydrogen-bond acceptors (Lipinski definition) is 6. The molecule has 0 aliphatic carbocycles. The van der Waals surface area contributed by atoms with Gasteiger partial charge in [-0.15, -0.1) is 0 Å². The van der Waals surface area contributed by atoms with Gasteiger partial charge in [0, 0.05) is 42.5 Å². The van der Waals surface area contributed by atoms with Crippen LogP contribution < -0.4 is 28.9 Å². The number of nitrogens with zero attached hydrogens (tertiary/aromatic N) is 4. The molecule has 134 valence electrons. The first-order valence-corrected chi connectivity index (χ1v) is 8.52. The van der Waals surface area contributed by atoms with Gasteiger partial charge in [-0.1, -0.05) is 29.8 Å². The summed E-state index contributed by atoms with van der Waals surface area (Å²) in [6, 6.07) is 7.43. The molecule has 1 aromatic carbocycles. The number of rotatable bonds is 5. The Balaban J connectivity index is 0.00000210. The third-order valence-electron chi connectivity index (χ3n) is 4.58. The average Bonchev–Trinajstić information content (AvgIpc) is 2.93. The van der Waals surface area contributed by atoms with E-state index in [1.165, 1.54) is 6.33 Å². The van der Waals surface area contributed by atoms with Gasteiger partial charge in [0.15, 0.2) is 0 Å². The van der Waals surface area contributed by atoms with E-state index in [-0.39, 0.29) is 31.5 Å². The molecule has 4 rings (SSSR count). The van der Waals surface area contributed by atoms with Gasteiger partial charge in [0.05, 0.1) is 24.0 Å². The van der Waals surface area contributed by atoms with Crippen LogP contribution in [-0.2, 0) is 16.1 Å². The number of carboxylic acid groups (broad SMARTS) is 1. The van der Waals surface area contributed by atoms with E-state index in [4.69, 9.17) is 16.3 Å². The second kappa shape index (κ2) is 7.91. The zero-order valence-electron chi connectivity index (χ0n) is 15.1. The summed E-state index contributed by atoms with van der Waals surface area (Å²) in [6.07, 6.45) is 3.35. The van der Waals surface area contributed by atoms with Crippen molar-refractivity contribution in [2.75, 3.05) is 25.1 Å². The van der Waals surface area contributed by atoms with E-state index in [1.54, 1.807) is 23.9 Å². The van der Waals surface area contributed by atoms with E-state index < -0.39 is 5.97 Å². The molecule has 0 bridgehead atoms. The molecule has 1 saturated heterocycles. The molecule has 1 fully saturated rings. The van der Waals surface area contributed by atoms with Crippen molar-refractivity contribution in [1.29, 1.82) is 0 Å². The van der Waals surface area contributed by atoms with Crippen molar-refractivity contribution in [1.82, 2.24) is 14.5 Å². The molecule has 0 spiro atoms. The van der Waals surface area contributed by atoms with Crippen LogP contribution in [0.1, 0.15) is 0 Å². The maximum Gasteiger partial charge on any atom is 1.00 e. The molecule has 0 unspecified atom stereocenters. The molecule has 3 aromatic rings. The average molecular weight is 379 g/mol. The third kappa shape index (κ3) is 3.56. The second-order valence-corrected chi connectivity index (χ2v) is 6.59. The van der Waals surface area contributed by atoms with E-state index in [0.29, 0.717) is 10.7 Å². The molecule has 27 heavy (non-hydrogen) atoms. The van der Waals surface area contributed by atoms with Crippen LogP contribution >= 0.6 is 11.6 Å². The summed E-state index contributed by atoms with van der Waals surface area (Å²) in [5, 5.41) is 12.5. The molecule has 0 amide bonds. The van der Waals surface area contributed by atoms with Gasteiger partial charge >= 0.3 is 18.9 Å². The van der Waals surface area contributed by atoms with Crippen molar-refractivity contribution < 1.29 is 33.5 Å². The fraction of sp³-hybridized carbons (Fsp3) is 0.278. The first-order valence-electron chi connectivity index (χ1n) is 8.14. The van der Waals surface area contributed by atoms with E-state index in [1.807, 2.05) is 18.2 Å². The Hall–Kier alpha value is -2.04. The Morgan fingerprint density at radius 3 is 2.70 bits per heavy atom. The molecule has 1 aliphatic rings. The van der Waals surface area contributed by atoms with Gasteiger partial charge in [0.2, 0.25) is 0 Å². The molecule has 9 heteroatoms. The van der Waals surface area contributed by atoms with Crippen molar-refractivity contribution >= 4 is 34.4 Å². The predicted molar refractivity (Wildman–Crippen MR) is 96.0 cm³/mol. The maximum atomic E-state index is 11.2. The molecule has 2 aromatic heterocycles. The molecule has 1 aliphatic heterocycles. The third-order valence-corrected chi connectivity index (χ3v) is 4.91. The van der Waals surface area contributed by atoms with Crippen LogP contribution in [0.5, 0.6) is 0 Å². The first kappa shape index (κ1) is 19.7. The Labute approximate surface area is 173 Å². The second-order valence-electron chi connectivity index (χ2n) is 6.18. The molecule has 7 nitrogen and oxygen atoms in total. The smallest absolute Gasteiger partial charge is 0.548 e. The fourth-order valence-corrected chi connectivity index (χ4v) is 3.49. The van der Waals surface area contributed by atoms with E-state index in [0.717, 1.165) is 35.4 Å². The summed E-state index contributed by atoms with van der Waals surface area (Å²) >= 11 is 6.39. The summed E-state index contributed by atoms with van der Waals surface area (Å²) in [5.41, 5.74) is 2.13. The van der Waals surface area contributed by atoms with Gasteiger partial charge in [-0.05, 0) is 6.07 Å². The quantitative estimate of drug-likeness (QED) is 0.494. The summed E-state index contributed by atoms with van der Waals surface area (Å²) in [5.74, 6) is -0.438. The van der Waals surface area contributed by atoms with Crippen molar-refractivity contribution in [3.8, 4) is 11.1 Å². The predicted octanol–water partition coefficient (Wildman–Crippen LogP) is -1.66.